The topological polar surface area (TPSA) is 205 Å². The number of aromatic amines is 1. The minimum absolute atomic E-state index is 0.0143. The summed E-state index contributed by atoms with van der Waals surface area (Å²) in [5, 5.41) is 15.0. The average molecular weight is 581 g/mol. The van der Waals surface area contributed by atoms with Gasteiger partial charge in [-0.15, -0.1) is 0 Å². The van der Waals surface area contributed by atoms with Crippen molar-refractivity contribution >= 4 is 50.4 Å². The van der Waals surface area contributed by atoms with Crippen LogP contribution in [0.25, 0.3) is 11.0 Å². The van der Waals surface area contributed by atoms with Crippen LogP contribution >= 0.6 is 0 Å². The van der Waals surface area contributed by atoms with Crippen molar-refractivity contribution in [2.45, 2.75) is 25.9 Å². The van der Waals surface area contributed by atoms with Crippen LogP contribution in [0, 0.1) is 0 Å². The number of carbonyl (C=O) groups excluding carboxylic acids is 2. The van der Waals surface area contributed by atoms with E-state index in [-0.39, 0.29) is 23.8 Å². The molecule has 2 aromatic carbocycles. The van der Waals surface area contributed by atoms with E-state index >= 15 is 0 Å². The second-order valence-corrected chi connectivity index (χ2v) is 10.8. The van der Waals surface area contributed by atoms with Gasteiger partial charge in [-0.2, -0.15) is 0 Å². The molecule has 0 bridgehead atoms. The van der Waals surface area contributed by atoms with Crippen LogP contribution in [-0.2, 0) is 21.4 Å². The minimum Gasteiger partial charge on any atom is -0.410 e. The largest absolute Gasteiger partial charge is 0.421 e. The van der Waals surface area contributed by atoms with Crippen LogP contribution in [0.1, 0.15) is 24.7 Å². The number of ether oxygens (including phenoxy) is 1. The number of aromatic nitrogens is 3. The molecule has 0 saturated heterocycles. The smallest absolute Gasteiger partial charge is 0.410 e. The molecule has 0 spiro atoms. The van der Waals surface area contributed by atoms with Gasteiger partial charge in [-0.05, 0) is 55.5 Å². The molecular formula is C26H28N8O6S. The van der Waals surface area contributed by atoms with E-state index in [1.807, 2.05) is 4.72 Å². The summed E-state index contributed by atoms with van der Waals surface area (Å²) in [6, 6.07) is 16.0. The summed E-state index contributed by atoms with van der Waals surface area (Å²) in [5.41, 5.74) is 8.24. The lowest BCUT2D eigenvalue weighted by Crippen LogP contribution is -2.44. The first-order valence-corrected chi connectivity index (χ1v) is 14.1. The molecule has 0 radical (unpaired) electrons. The van der Waals surface area contributed by atoms with Gasteiger partial charge in [0.25, 0.3) is 0 Å². The van der Waals surface area contributed by atoms with E-state index in [9.17, 15) is 18.0 Å². The molecular weight excluding hydrogens is 552 g/mol. The maximum Gasteiger partial charge on any atom is 0.421 e. The minimum atomic E-state index is -3.75. The van der Waals surface area contributed by atoms with E-state index in [0.29, 0.717) is 29.0 Å². The third kappa shape index (κ3) is 7.69. The Morgan fingerprint density at radius 1 is 1.17 bits per heavy atom. The van der Waals surface area contributed by atoms with Gasteiger partial charge in [0, 0.05) is 36.0 Å². The first-order chi connectivity index (χ1) is 19.5. The highest BCUT2D eigenvalue weighted by Crippen LogP contribution is 2.23. The van der Waals surface area contributed by atoms with Gasteiger partial charge in [0.1, 0.15) is 17.4 Å². The molecule has 214 valence electrons. The number of anilines is 2. The molecule has 41 heavy (non-hydrogen) atoms. The zero-order valence-corrected chi connectivity index (χ0v) is 22.9. The number of oxime groups is 1. The standard InChI is InChI=1S/C26H28N8O6S/c1-16(13-24(35)33-41(2,38)39)34(23-5-3-4-12-28-23)26(36)40-19-10-11-20-21(14-19)31-22(30-20)15-29-18-8-6-17(7-9-18)25(27)32-37/h3-12,14,16,29,37H,13,15H2,1-2H3,(H2,27,32)(H,30,31)(H,33,35). The van der Waals surface area contributed by atoms with Gasteiger partial charge in [0.2, 0.25) is 15.9 Å². The van der Waals surface area contributed by atoms with Crippen LogP contribution < -0.4 is 25.4 Å². The van der Waals surface area contributed by atoms with Gasteiger partial charge in [0.15, 0.2) is 5.84 Å². The number of amidine groups is 1. The molecule has 0 aliphatic carbocycles. The molecule has 15 heteroatoms. The fraction of sp³-hybridized carbons (Fsp3) is 0.192. The Morgan fingerprint density at radius 3 is 2.59 bits per heavy atom. The number of pyridine rings is 1. The Hall–Kier alpha value is -5.18. The predicted octanol–water partition coefficient (Wildman–Crippen LogP) is 2.52. The van der Waals surface area contributed by atoms with E-state index in [1.54, 1.807) is 67.6 Å². The summed E-state index contributed by atoms with van der Waals surface area (Å²) in [4.78, 5) is 38.5. The zero-order valence-electron chi connectivity index (χ0n) is 22.1. The van der Waals surface area contributed by atoms with Crippen molar-refractivity contribution in [1.29, 1.82) is 0 Å². The summed E-state index contributed by atoms with van der Waals surface area (Å²) in [6.45, 7) is 1.95. The monoisotopic (exact) mass is 580 g/mol. The van der Waals surface area contributed by atoms with Crippen molar-refractivity contribution in [1.82, 2.24) is 19.7 Å². The lowest BCUT2D eigenvalue weighted by atomic mass is 10.2. The third-order valence-electron chi connectivity index (χ3n) is 5.77. The maximum atomic E-state index is 13.3. The van der Waals surface area contributed by atoms with Crippen molar-refractivity contribution in [3.8, 4) is 5.75 Å². The first kappa shape index (κ1) is 28.8. The second kappa shape index (κ2) is 12.3. The Labute approximate surface area is 235 Å². The Balaban J connectivity index is 1.46. The van der Waals surface area contributed by atoms with Crippen LogP contribution in [0.5, 0.6) is 5.75 Å². The van der Waals surface area contributed by atoms with Crippen LogP contribution in [0.2, 0.25) is 0 Å². The number of hydrogen-bond acceptors (Lipinski definition) is 10. The maximum absolute atomic E-state index is 13.3. The van der Waals surface area contributed by atoms with Crippen molar-refractivity contribution in [2.75, 3.05) is 16.5 Å². The summed E-state index contributed by atoms with van der Waals surface area (Å²) < 4.78 is 30.4. The molecule has 0 fully saturated rings. The number of nitrogens with two attached hydrogens (primary N) is 1. The summed E-state index contributed by atoms with van der Waals surface area (Å²) in [6.07, 6.45) is 1.24. The molecule has 0 aliphatic rings. The highest BCUT2D eigenvalue weighted by molar-refractivity contribution is 7.89. The quantitative estimate of drug-likeness (QED) is 0.0802. The van der Waals surface area contributed by atoms with E-state index in [2.05, 4.69) is 25.4 Å². The molecule has 2 heterocycles. The lowest BCUT2D eigenvalue weighted by molar-refractivity contribution is -0.119. The number of sulfonamides is 1. The number of rotatable bonds is 10. The fourth-order valence-corrected chi connectivity index (χ4v) is 4.44. The first-order valence-electron chi connectivity index (χ1n) is 12.3. The second-order valence-electron chi connectivity index (χ2n) is 9.06. The van der Waals surface area contributed by atoms with Crippen molar-refractivity contribution < 1.29 is 28.0 Å². The summed E-state index contributed by atoms with van der Waals surface area (Å²) >= 11 is 0. The van der Waals surface area contributed by atoms with Crippen molar-refractivity contribution in [3.63, 3.8) is 0 Å². The summed E-state index contributed by atoms with van der Waals surface area (Å²) in [7, 11) is -3.75. The number of H-pyrrole nitrogens is 1. The molecule has 4 aromatic rings. The number of imidazole rings is 1. The Bertz CT molecular complexity index is 1670. The fourth-order valence-electron chi connectivity index (χ4n) is 3.94. The van der Waals surface area contributed by atoms with E-state index in [1.165, 1.54) is 11.1 Å². The molecule has 2 amide bonds. The number of nitrogens with zero attached hydrogens (tertiary/aromatic N) is 4. The number of amides is 2. The van der Waals surface area contributed by atoms with Gasteiger partial charge < -0.3 is 26.0 Å². The lowest BCUT2D eigenvalue weighted by Gasteiger charge is -2.27. The number of fused-ring (bicyclic) bond motifs is 1. The van der Waals surface area contributed by atoms with Crippen molar-refractivity contribution in [2.24, 2.45) is 10.9 Å². The number of nitrogens with one attached hydrogen (secondary N) is 3. The molecule has 1 unspecified atom stereocenters. The molecule has 6 N–H and O–H groups in total. The van der Waals surface area contributed by atoms with Gasteiger partial charge in [-0.1, -0.05) is 11.2 Å². The van der Waals surface area contributed by atoms with Gasteiger partial charge in [-0.3, -0.25) is 14.4 Å². The van der Waals surface area contributed by atoms with E-state index < -0.39 is 28.1 Å². The predicted molar refractivity (Wildman–Crippen MR) is 152 cm³/mol. The molecule has 0 aliphatic heterocycles. The molecule has 2 aromatic heterocycles. The highest BCUT2D eigenvalue weighted by atomic mass is 32.2. The van der Waals surface area contributed by atoms with Crippen LogP contribution in [0.4, 0.5) is 16.3 Å². The van der Waals surface area contributed by atoms with Crippen LogP contribution in [0.15, 0.2) is 72.0 Å². The van der Waals surface area contributed by atoms with E-state index in [0.717, 1.165) is 11.9 Å². The number of carbonyl (C=O) groups is 2. The molecule has 0 saturated carbocycles. The molecule has 14 nitrogen and oxygen atoms in total. The number of hydrogen-bond donors (Lipinski definition) is 5. The van der Waals surface area contributed by atoms with Crippen molar-refractivity contribution in [3.05, 3.63) is 78.2 Å². The average Bonchev–Trinajstić information content (AvgIpc) is 3.33. The van der Waals surface area contributed by atoms with Crippen LogP contribution in [-0.4, -0.2) is 58.7 Å². The zero-order chi connectivity index (χ0) is 29.6. The molecule has 1 atom stereocenters. The summed E-state index contributed by atoms with van der Waals surface area (Å²) in [5.74, 6) is 0.323. The highest BCUT2D eigenvalue weighted by Gasteiger charge is 2.28. The number of benzene rings is 2. The van der Waals surface area contributed by atoms with Gasteiger partial charge in [-0.25, -0.2) is 23.2 Å². The normalized spacial score (nSPS) is 12.5. The van der Waals surface area contributed by atoms with Gasteiger partial charge >= 0.3 is 6.09 Å². The van der Waals surface area contributed by atoms with E-state index in [4.69, 9.17) is 15.7 Å². The van der Waals surface area contributed by atoms with Crippen LogP contribution in [0.3, 0.4) is 0 Å². The Kier molecular flexibility index (Phi) is 8.67. The third-order valence-corrected chi connectivity index (χ3v) is 6.37. The van der Waals surface area contributed by atoms with Gasteiger partial charge in [0.05, 0.1) is 23.8 Å². The molecule has 4 rings (SSSR count). The Morgan fingerprint density at radius 2 is 1.93 bits per heavy atom. The SMILES string of the molecule is CC(CC(=O)NS(C)(=O)=O)N(C(=O)Oc1ccc2nc(CNc3ccc(C(N)=NO)cc3)[nH]c2c1)c1ccccn1.